The molecule has 2 amide bonds. The lowest BCUT2D eigenvalue weighted by atomic mass is 10.1. The molecule has 0 bridgehead atoms. The number of ether oxygens (including phenoxy) is 1. The Morgan fingerprint density at radius 1 is 1.36 bits per heavy atom. The van der Waals surface area contributed by atoms with Gasteiger partial charge in [-0.3, -0.25) is 4.98 Å². The van der Waals surface area contributed by atoms with Gasteiger partial charge in [-0.2, -0.15) is 5.26 Å². The number of anilines is 1. The van der Waals surface area contributed by atoms with Gasteiger partial charge < -0.3 is 15.0 Å². The number of carbonyl (C=O) groups excluding carboxylic acids is 1. The van der Waals surface area contributed by atoms with Gasteiger partial charge in [0.15, 0.2) is 0 Å². The fourth-order valence-corrected chi connectivity index (χ4v) is 2.41. The van der Waals surface area contributed by atoms with E-state index in [-0.39, 0.29) is 6.03 Å². The first-order chi connectivity index (χ1) is 12.2. The predicted octanol–water partition coefficient (Wildman–Crippen LogP) is 3.20. The summed E-state index contributed by atoms with van der Waals surface area (Å²) in [5.74, 6) is 0. The summed E-state index contributed by atoms with van der Waals surface area (Å²) in [4.78, 5) is 18.6. The maximum absolute atomic E-state index is 12.7. The van der Waals surface area contributed by atoms with E-state index in [0.29, 0.717) is 25.3 Å². The lowest BCUT2D eigenvalue weighted by Crippen LogP contribution is -2.37. The zero-order valence-electron chi connectivity index (χ0n) is 14.5. The van der Waals surface area contributed by atoms with Crippen LogP contribution >= 0.6 is 0 Å². The summed E-state index contributed by atoms with van der Waals surface area (Å²) < 4.78 is 5.11. The third kappa shape index (κ3) is 5.30. The van der Waals surface area contributed by atoms with Gasteiger partial charge in [0.1, 0.15) is 0 Å². The summed E-state index contributed by atoms with van der Waals surface area (Å²) in [5, 5.41) is 11.9. The number of pyridine rings is 1. The number of methoxy groups -OCH3 is 1. The highest BCUT2D eigenvalue weighted by atomic mass is 16.5. The first kappa shape index (κ1) is 18.4. The number of nitrogens with zero attached hydrogens (tertiary/aromatic N) is 3. The molecule has 6 heteroatoms. The molecule has 6 nitrogen and oxygen atoms in total. The molecule has 1 heterocycles. The number of benzene rings is 1. The summed E-state index contributed by atoms with van der Waals surface area (Å²) in [7, 11) is 1.60. The molecule has 1 aromatic heterocycles. The smallest absolute Gasteiger partial charge is 0.322 e. The van der Waals surface area contributed by atoms with Crippen molar-refractivity contribution >= 4 is 11.7 Å². The highest BCUT2D eigenvalue weighted by Crippen LogP contribution is 2.19. The molecule has 0 radical (unpaired) electrons. The van der Waals surface area contributed by atoms with E-state index in [0.717, 1.165) is 23.4 Å². The molecular weight excluding hydrogens is 316 g/mol. The summed E-state index contributed by atoms with van der Waals surface area (Å²) in [6, 6.07) is 12.8. The number of hydrogen-bond donors (Lipinski definition) is 1. The van der Waals surface area contributed by atoms with Crippen molar-refractivity contribution in [2.24, 2.45) is 0 Å². The summed E-state index contributed by atoms with van der Waals surface area (Å²) in [5.41, 5.74) is 3.04. The van der Waals surface area contributed by atoms with Gasteiger partial charge in [-0.25, -0.2) is 4.79 Å². The van der Waals surface area contributed by atoms with E-state index in [9.17, 15) is 4.79 Å². The normalized spacial score (nSPS) is 10.1. The monoisotopic (exact) mass is 338 g/mol. The van der Waals surface area contributed by atoms with Gasteiger partial charge >= 0.3 is 6.03 Å². The Kier molecular flexibility index (Phi) is 6.93. The lowest BCUT2D eigenvalue weighted by molar-refractivity contribution is 0.152. The summed E-state index contributed by atoms with van der Waals surface area (Å²) >= 11 is 0. The maximum atomic E-state index is 12.7. The summed E-state index contributed by atoms with van der Waals surface area (Å²) in [6.07, 6.45) is 2.43. The molecule has 0 spiro atoms. The third-order valence-corrected chi connectivity index (χ3v) is 3.79. The fraction of sp³-hybridized carbons (Fsp3) is 0.316. The van der Waals surface area contributed by atoms with Crippen LogP contribution in [-0.4, -0.2) is 36.2 Å². The predicted molar refractivity (Wildman–Crippen MR) is 96.1 cm³/mol. The molecule has 0 unspecified atom stereocenters. The zero-order valence-corrected chi connectivity index (χ0v) is 14.5. The van der Waals surface area contributed by atoms with E-state index in [2.05, 4.69) is 16.4 Å². The largest absolute Gasteiger partial charge is 0.383 e. The second kappa shape index (κ2) is 9.40. The van der Waals surface area contributed by atoms with Crippen molar-refractivity contribution in [1.82, 2.24) is 9.88 Å². The second-order valence-electron chi connectivity index (χ2n) is 5.50. The van der Waals surface area contributed by atoms with Crippen LogP contribution in [0.25, 0.3) is 0 Å². The van der Waals surface area contributed by atoms with Crippen molar-refractivity contribution in [1.29, 1.82) is 5.26 Å². The molecule has 1 aromatic carbocycles. The molecule has 0 saturated heterocycles. The SMILES string of the molecule is CCc1cc(C#N)ccc1NC(=O)N(CCOC)Cc1ccccn1. The number of carbonyl (C=O) groups is 1. The van der Waals surface area contributed by atoms with Gasteiger partial charge in [-0.05, 0) is 42.3 Å². The number of nitrogens with one attached hydrogen (secondary N) is 1. The second-order valence-corrected chi connectivity index (χ2v) is 5.50. The topological polar surface area (TPSA) is 78.2 Å². The molecule has 0 aliphatic carbocycles. The highest BCUT2D eigenvalue weighted by molar-refractivity contribution is 5.90. The number of urea groups is 1. The fourth-order valence-electron chi connectivity index (χ4n) is 2.41. The van der Waals surface area contributed by atoms with Crippen LogP contribution in [0.4, 0.5) is 10.5 Å². The van der Waals surface area contributed by atoms with Crippen LogP contribution in [0.2, 0.25) is 0 Å². The zero-order chi connectivity index (χ0) is 18.1. The maximum Gasteiger partial charge on any atom is 0.322 e. The Bertz CT molecular complexity index is 741. The average Bonchev–Trinajstić information content (AvgIpc) is 2.66. The standard InChI is InChI=1S/C19H22N4O2/c1-3-16-12-15(13-20)7-8-18(16)22-19(24)23(10-11-25-2)14-17-6-4-5-9-21-17/h4-9,12H,3,10-11,14H2,1-2H3,(H,22,24). The van der Waals surface area contributed by atoms with E-state index in [1.165, 1.54) is 0 Å². The molecule has 1 N–H and O–H groups in total. The average molecular weight is 338 g/mol. The van der Waals surface area contributed by atoms with E-state index in [1.54, 1.807) is 36.4 Å². The molecular formula is C19H22N4O2. The van der Waals surface area contributed by atoms with E-state index in [4.69, 9.17) is 10.00 Å². The van der Waals surface area contributed by atoms with Crippen LogP contribution in [0.3, 0.4) is 0 Å². The number of aryl methyl sites for hydroxylation is 1. The van der Waals surface area contributed by atoms with Gasteiger partial charge in [0.05, 0.1) is 30.5 Å². The van der Waals surface area contributed by atoms with Gasteiger partial charge in [0.2, 0.25) is 0 Å². The minimum absolute atomic E-state index is 0.220. The van der Waals surface area contributed by atoms with Crippen LogP contribution in [-0.2, 0) is 17.7 Å². The Morgan fingerprint density at radius 2 is 2.20 bits per heavy atom. The van der Waals surface area contributed by atoms with Crippen molar-refractivity contribution in [3.8, 4) is 6.07 Å². The van der Waals surface area contributed by atoms with Crippen LogP contribution in [0.5, 0.6) is 0 Å². The lowest BCUT2D eigenvalue weighted by Gasteiger charge is -2.23. The van der Waals surface area contributed by atoms with Crippen molar-refractivity contribution in [3.63, 3.8) is 0 Å². The molecule has 2 rings (SSSR count). The van der Waals surface area contributed by atoms with Gasteiger partial charge in [0, 0.05) is 25.5 Å². The van der Waals surface area contributed by atoms with E-state index < -0.39 is 0 Å². The van der Waals surface area contributed by atoms with Crippen LogP contribution in [0.15, 0.2) is 42.6 Å². The Hall–Kier alpha value is -2.91. The van der Waals surface area contributed by atoms with E-state index >= 15 is 0 Å². The van der Waals surface area contributed by atoms with Crippen molar-refractivity contribution in [2.75, 3.05) is 25.6 Å². The highest BCUT2D eigenvalue weighted by Gasteiger charge is 2.16. The number of hydrogen-bond acceptors (Lipinski definition) is 4. The third-order valence-electron chi connectivity index (χ3n) is 3.79. The van der Waals surface area contributed by atoms with Gasteiger partial charge in [0.25, 0.3) is 0 Å². The van der Waals surface area contributed by atoms with E-state index in [1.807, 2.05) is 25.1 Å². The first-order valence-corrected chi connectivity index (χ1v) is 8.15. The van der Waals surface area contributed by atoms with Crippen molar-refractivity contribution in [3.05, 3.63) is 59.4 Å². The summed E-state index contributed by atoms with van der Waals surface area (Å²) in [6.45, 7) is 3.28. The molecule has 0 atom stereocenters. The number of rotatable bonds is 7. The first-order valence-electron chi connectivity index (χ1n) is 8.15. The van der Waals surface area contributed by atoms with Gasteiger partial charge in [-0.1, -0.05) is 13.0 Å². The molecule has 0 aliphatic heterocycles. The molecule has 2 aromatic rings. The Balaban J connectivity index is 2.15. The number of amides is 2. The van der Waals surface area contributed by atoms with Crippen LogP contribution in [0.1, 0.15) is 23.7 Å². The van der Waals surface area contributed by atoms with Crippen LogP contribution in [0, 0.1) is 11.3 Å². The quantitative estimate of drug-likeness (QED) is 0.841. The molecule has 25 heavy (non-hydrogen) atoms. The Morgan fingerprint density at radius 3 is 2.84 bits per heavy atom. The number of nitriles is 1. The molecule has 0 aliphatic rings. The van der Waals surface area contributed by atoms with Crippen LogP contribution < -0.4 is 5.32 Å². The molecule has 0 fully saturated rings. The Labute approximate surface area is 148 Å². The van der Waals surface area contributed by atoms with Gasteiger partial charge in [-0.15, -0.1) is 0 Å². The minimum Gasteiger partial charge on any atom is -0.383 e. The minimum atomic E-state index is -0.220. The molecule has 130 valence electrons. The molecule has 0 saturated carbocycles. The number of aromatic nitrogens is 1. The van der Waals surface area contributed by atoms with Crippen molar-refractivity contribution < 1.29 is 9.53 Å². The van der Waals surface area contributed by atoms with Crippen molar-refractivity contribution in [2.45, 2.75) is 19.9 Å².